The fourth-order valence-electron chi connectivity index (χ4n) is 4.26. The summed E-state index contributed by atoms with van der Waals surface area (Å²) in [5.74, 6) is 0.0653. The lowest BCUT2D eigenvalue weighted by Crippen LogP contribution is -2.22. The highest BCUT2D eigenvalue weighted by atomic mass is 127. The van der Waals surface area contributed by atoms with Crippen LogP contribution in [0.1, 0.15) is 54.8 Å². The zero-order valence-corrected chi connectivity index (χ0v) is 21.2. The molecular formula is C23H24F3IN4OS. The number of amides is 1. The maximum absolute atomic E-state index is 13.0. The summed E-state index contributed by atoms with van der Waals surface area (Å²) in [7, 11) is 0. The van der Waals surface area contributed by atoms with Crippen molar-refractivity contribution in [1.82, 2.24) is 14.8 Å². The van der Waals surface area contributed by atoms with E-state index in [1.807, 2.05) is 29.3 Å². The molecular weight excluding hydrogens is 564 g/mol. The first kappa shape index (κ1) is 24.3. The number of aromatic nitrogens is 3. The van der Waals surface area contributed by atoms with E-state index in [0.29, 0.717) is 15.7 Å². The van der Waals surface area contributed by atoms with Crippen molar-refractivity contribution in [2.75, 3.05) is 11.6 Å². The third-order valence-corrected chi connectivity index (χ3v) is 7.92. The molecule has 0 bridgehead atoms. The Balaban J connectivity index is 1.56. The Labute approximate surface area is 208 Å². The zero-order valence-electron chi connectivity index (χ0n) is 18.2. The fraction of sp³-hybridized carbons (Fsp3) is 0.435. The van der Waals surface area contributed by atoms with E-state index in [9.17, 15) is 18.0 Å². The van der Waals surface area contributed by atoms with Crippen LogP contribution in [0.3, 0.4) is 0 Å². The number of nitrogens with zero attached hydrogens (tertiary/aromatic N) is 3. The number of rotatable bonds is 5. The summed E-state index contributed by atoms with van der Waals surface area (Å²) >= 11 is 3.94. The van der Waals surface area contributed by atoms with E-state index in [2.05, 4.69) is 39.8 Å². The van der Waals surface area contributed by atoms with E-state index in [4.69, 9.17) is 5.10 Å². The SMILES string of the molecule is CSc1cc2nn(C3CCC(C(C)I)CC3)cc2cc1NC(=O)c1cccc(C(F)(F)F)n1. The van der Waals surface area contributed by atoms with Crippen LogP contribution in [-0.4, -0.2) is 30.9 Å². The molecule has 4 rings (SSSR count). The van der Waals surface area contributed by atoms with Gasteiger partial charge in [0, 0.05) is 20.4 Å². The molecule has 2 heterocycles. The van der Waals surface area contributed by atoms with Crippen molar-refractivity contribution < 1.29 is 18.0 Å². The average molecular weight is 588 g/mol. The van der Waals surface area contributed by atoms with Crippen LogP contribution in [0.25, 0.3) is 10.9 Å². The van der Waals surface area contributed by atoms with Gasteiger partial charge in [0.25, 0.3) is 5.91 Å². The second kappa shape index (κ2) is 9.81. The van der Waals surface area contributed by atoms with Crippen molar-refractivity contribution in [3.8, 4) is 0 Å². The molecule has 176 valence electrons. The largest absolute Gasteiger partial charge is 0.433 e. The molecule has 1 fully saturated rings. The standard InChI is InChI=1S/C23H24F3IN4OS/c1-13(27)14-6-8-16(9-7-14)31-12-15-10-19(20(33-2)11-18(15)30-31)29-22(32)17-4-3-5-21(28-17)23(24,25)26/h3-5,10-14,16H,6-9H2,1-2H3,(H,29,32). The summed E-state index contributed by atoms with van der Waals surface area (Å²) < 4.78 is 41.6. The van der Waals surface area contributed by atoms with Gasteiger partial charge in [-0.1, -0.05) is 35.6 Å². The van der Waals surface area contributed by atoms with Gasteiger partial charge < -0.3 is 5.32 Å². The molecule has 0 saturated heterocycles. The molecule has 1 N–H and O–H groups in total. The minimum absolute atomic E-state index is 0.283. The number of carbonyl (C=O) groups is 1. The lowest BCUT2D eigenvalue weighted by molar-refractivity contribution is -0.141. The van der Waals surface area contributed by atoms with Crippen molar-refractivity contribution in [3.05, 3.63) is 47.9 Å². The van der Waals surface area contributed by atoms with Crippen molar-refractivity contribution in [2.24, 2.45) is 5.92 Å². The average Bonchev–Trinajstić information content (AvgIpc) is 3.21. The monoisotopic (exact) mass is 588 g/mol. The number of hydrogen-bond acceptors (Lipinski definition) is 4. The number of nitrogens with one attached hydrogen (secondary N) is 1. The van der Waals surface area contributed by atoms with Crippen LogP contribution in [0.4, 0.5) is 18.9 Å². The van der Waals surface area contributed by atoms with Crippen LogP contribution in [0.15, 0.2) is 41.4 Å². The molecule has 1 unspecified atom stereocenters. The van der Waals surface area contributed by atoms with E-state index in [0.717, 1.165) is 40.6 Å². The number of benzene rings is 1. The zero-order chi connectivity index (χ0) is 23.8. The number of thioether (sulfide) groups is 1. The number of hydrogen-bond donors (Lipinski definition) is 1. The molecule has 0 radical (unpaired) electrons. The molecule has 1 aromatic carbocycles. The molecule has 1 aliphatic rings. The maximum Gasteiger partial charge on any atom is 0.433 e. The number of alkyl halides is 4. The van der Waals surface area contributed by atoms with Gasteiger partial charge in [0.2, 0.25) is 0 Å². The normalized spacial score (nSPS) is 20.1. The quantitative estimate of drug-likeness (QED) is 0.199. The Bertz CT molecular complexity index is 1160. The second-order valence-corrected chi connectivity index (χ2v) is 11.1. The predicted molar refractivity (Wildman–Crippen MR) is 133 cm³/mol. The van der Waals surface area contributed by atoms with E-state index in [1.54, 1.807) is 0 Å². The summed E-state index contributed by atoms with van der Waals surface area (Å²) in [4.78, 5) is 16.9. The van der Waals surface area contributed by atoms with Crippen LogP contribution < -0.4 is 5.32 Å². The van der Waals surface area contributed by atoms with Gasteiger partial charge >= 0.3 is 6.18 Å². The Morgan fingerprint density at radius 1 is 1.24 bits per heavy atom. The number of anilines is 1. The molecule has 0 spiro atoms. The Morgan fingerprint density at radius 3 is 2.61 bits per heavy atom. The van der Waals surface area contributed by atoms with Gasteiger partial charge in [0.15, 0.2) is 0 Å². The number of carbonyl (C=O) groups excluding carboxylic acids is 1. The van der Waals surface area contributed by atoms with Gasteiger partial charge in [-0.2, -0.15) is 18.3 Å². The number of halogens is 4. The number of pyridine rings is 1. The summed E-state index contributed by atoms with van der Waals surface area (Å²) in [6.07, 6.45) is 3.82. The van der Waals surface area contributed by atoms with Crippen LogP contribution in [0.5, 0.6) is 0 Å². The molecule has 1 atom stereocenters. The first-order valence-corrected chi connectivity index (χ1v) is 13.2. The molecule has 1 amide bonds. The Morgan fingerprint density at radius 2 is 1.97 bits per heavy atom. The van der Waals surface area contributed by atoms with Gasteiger partial charge in [-0.25, -0.2) is 4.98 Å². The number of fused-ring (bicyclic) bond motifs is 1. The molecule has 10 heteroatoms. The Hall–Kier alpha value is -1.82. The van der Waals surface area contributed by atoms with Gasteiger partial charge in [0.05, 0.1) is 17.2 Å². The molecule has 2 aromatic heterocycles. The highest BCUT2D eigenvalue weighted by Crippen LogP contribution is 2.37. The fourth-order valence-corrected chi connectivity index (χ4v) is 5.53. The summed E-state index contributed by atoms with van der Waals surface area (Å²) in [5.41, 5.74) is -0.0160. The molecule has 5 nitrogen and oxygen atoms in total. The maximum atomic E-state index is 13.0. The molecule has 33 heavy (non-hydrogen) atoms. The first-order valence-electron chi connectivity index (χ1n) is 10.7. The van der Waals surface area contributed by atoms with Crippen molar-refractivity contribution in [1.29, 1.82) is 0 Å². The molecule has 3 aromatic rings. The van der Waals surface area contributed by atoms with Crippen molar-refractivity contribution in [2.45, 2.75) is 53.6 Å². The predicted octanol–water partition coefficient (Wildman–Crippen LogP) is 6.98. The second-order valence-electron chi connectivity index (χ2n) is 8.33. The molecule has 1 aliphatic carbocycles. The van der Waals surface area contributed by atoms with Crippen LogP contribution >= 0.6 is 34.4 Å². The van der Waals surface area contributed by atoms with Crippen LogP contribution in [0.2, 0.25) is 0 Å². The summed E-state index contributed by atoms with van der Waals surface area (Å²) in [6, 6.07) is 7.39. The van der Waals surface area contributed by atoms with Crippen LogP contribution in [0, 0.1) is 5.92 Å². The minimum atomic E-state index is -4.61. The van der Waals surface area contributed by atoms with Crippen molar-refractivity contribution in [3.63, 3.8) is 0 Å². The summed E-state index contributed by atoms with van der Waals surface area (Å²) in [5, 5.41) is 8.39. The van der Waals surface area contributed by atoms with Gasteiger partial charge in [-0.3, -0.25) is 9.48 Å². The molecule has 1 saturated carbocycles. The van der Waals surface area contributed by atoms with Gasteiger partial charge in [-0.15, -0.1) is 11.8 Å². The molecule has 0 aliphatic heterocycles. The van der Waals surface area contributed by atoms with Gasteiger partial charge in [-0.05, 0) is 62.1 Å². The van der Waals surface area contributed by atoms with E-state index < -0.39 is 17.8 Å². The smallest absolute Gasteiger partial charge is 0.320 e. The van der Waals surface area contributed by atoms with E-state index >= 15 is 0 Å². The van der Waals surface area contributed by atoms with E-state index in [-0.39, 0.29) is 5.69 Å². The highest BCUT2D eigenvalue weighted by Gasteiger charge is 2.33. The van der Waals surface area contributed by atoms with E-state index in [1.165, 1.54) is 36.7 Å². The first-order chi connectivity index (χ1) is 15.7. The topological polar surface area (TPSA) is 59.8 Å². The third kappa shape index (κ3) is 5.47. The van der Waals surface area contributed by atoms with Crippen molar-refractivity contribution >= 4 is 56.9 Å². The lowest BCUT2D eigenvalue weighted by Gasteiger charge is -2.30. The summed E-state index contributed by atoms with van der Waals surface area (Å²) in [6.45, 7) is 2.27. The lowest BCUT2D eigenvalue weighted by atomic mass is 9.84. The third-order valence-electron chi connectivity index (χ3n) is 6.13. The Kier molecular flexibility index (Phi) is 7.23. The highest BCUT2D eigenvalue weighted by molar-refractivity contribution is 14.1. The minimum Gasteiger partial charge on any atom is -0.320 e. The van der Waals surface area contributed by atoms with Crippen LogP contribution in [-0.2, 0) is 6.18 Å². The van der Waals surface area contributed by atoms with Gasteiger partial charge in [0.1, 0.15) is 11.4 Å².